The number of rotatable bonds is 5. The Bertz CT molecular complexity index is 630. The number of anilines is 1. The van der Waals surface area contributed by atoms with Crippen molar-refractivity contribution in [3.8, 4) is 0 Å². The second kappa shape index (κ2) is 6.53. The molecule has 114 valence electrons. The smallest absolute Gasteiger partial charge is 0.142 e. The SMILES string of the molecule is CCNc1nc(CSC2CCCC2)nc2sc(C)c(C)c12. The van der Waals surface area contributed by atoms with Gasteiger partial charge in [0.15, 0.2) is 0 Å². The topological polar surface area (TPSA) is 37.8 Å². The number of aromatic nitrogens is 2. The summed E-state index contributed by atoms with van der Waals surface area (Å²) < 4.78 is 0. The summed E-state index contributed by atoms with van der Waals surface area (Å²) in [7, 11) is 0. The van der Waals surface area contributed by atoms with Gasteiger partial charge in [0, 0.05) is 16.7 Å². The molecule has 2 aromatic heterocycles. The zero-order valence-electron chi connectivity index (χ0n) is 13.0. The first-order valence-corrected chi connectivity index (χ1v) is 9.67. The van der Waals surface area contributed by atoms with Crippen molar-refractivity contribution in [2.75, 3.05) is 11.9 Å². The van der Waals surface area contributed by atoms with E-state index in [4.69, 9.17) is 9.97 Å². The Kier molecular flexibility index (Phi) is 4.69. The lowest BCUT2D eigenvalue weighted by Gasteiger charge is -2.10. The first kappa shape index (κ1) is 15.1. The number of aryl methyl sites for hydroxylation is 2. The maximum absolute atomic E-state index is 4.81. The van der Waals surface area contributed by atoms with E-state index >= 15 is 0 Å². The minimum absolute atomic E-state index is 0.818. The molecule has 0 bridgehead atoms. The largest absolute Gasteiger partial charge is 0.370 e. The fraction of sp³-hybridized carbons (Fsp3) is 0.625. The molecule has 1 fully saturated rings. The number of hydrogen-bond donors (Lipinski definition) is 1. The minimum Gasteiger partial charge on any atom is -0.370 e. The van der Waals surface area contributed by atoms with Gasteiger partial charge in [0.2, 0.25) is 0 Å². The van der Waals surface area contributed by atoms with E-state index in [0.29, 0.717) is 0 Å². The monoisotopic (exact) mass is 321 g/mol. The summed E-state index contributed by atoms with van der Waals surface area (Å²) in [5.41, 5.74) is 1.32. The van der Waals surface area contributed by atoms with Crippen molar-refractivity contribution in [3.63, 3.8) is 0 Å². The van der Waals surface area contributed by atoms with E-state index in [0.717, 1.165) is 34.0 Å². The Balaban J connectivity index is 1.88. The lowest BCUT2D eigenvalue weighted by molar-refractivity contribution is 0.886. The summed E-state index contributed by atoms with van der Waals surface area (Å²) in [6.07, 6.45) is 5.52. The van der Waals surface area contributed by atoms with Crippen LogP contribution in [0.25, 0.3) is 10.2 Å². The van der Waals surface area contributed by atoms with E-state index in [2.05, 4.69) is 26.1 Å². The number of nitrogens with zero attached hydrogens (tertiary/aromatic N) is 2. The lowest BCUT2D eigenvalue weighted by atomic mass is 10.2. The second-order valence-electron chi connectivity index (χ2n) is 5.70. The molecular weight excluding hydrogens is 298 g/mol. The van der Waals surface area contributed by atoms with Gasteiger partial charge >= 0.3 is 0 Å². The van der Waals surface area contributed by atoms with Crippen LogP contribution in [-0.4, -0.2) is 21.8 Å². The molecule has 0 amide bonds. The maximum Gasteiger partial charge on any atom is 0.142 e. The van der Waals surface area contributed by atoms with Crippen molar-refractivity contribution >= 4 is 39.1 Å². The number of thiophene rings is 1. The summed E-state index contributed by atoms with van der Waals surface area (Å²) in [6, 6.07) is 0. The van der Waals surface area contributed by atoms with Crippen LogP contribution in [0.4, 0.5) is 5.82 Å². The molecule has 21 heavy (non-hydrogen) atoms. The average Bonchev–Trinajstić information content (AvgIpc) is 3.06. The molecule has 1 aliphatic carbocycles. The van der Waals surface area contributed by atoms with E-state index in [1.165, 1.54) is 41.5 Å². The third-order valence-electron chi connectivity index (χ3n) is 4.17. The molecule has 0 atom stereocenters. The highest BCUT2D eigenvalue weighted by Gasteiger charge is 2.18. The molecule has 0 spiro atoms. The first-order chi connectivity index (χ1) is 10.2. The van der Waals surface area contributed by atoms with Gasteiger partial charge in [-0.2, -0.15) is 11.8 Å². The molecule has 0 aromatic carbocycles. The molecule has 0 aliphatic heterocycles. The van der Waals surface area contributed by atoms with Crippen LogP contribution in [0.15, 0.2) is 0 Å². The summed E-state index contributed by atoms with van der Waals surface area (Å²) in [5, 5.41) is 5.45. The van der Waals surface area contributed by atoms with E-state index in [-0.39, 0.29) is 0 Å². The third-order valence-corrected chi connectivity index (χ3v) is 6.64. The van der Waals surface area contributed by atoms with E-state index in [1.54, 1.807) is 11.3 Å². The molecule has 2 aromatic rings. The van der Waals surface area contributed by atoms with Crippen LogP contribution in [0.1, 0.15) is 48.9 Å². The number of thioether (sulfide) groups is 1. The molecule has 5 heteroatoms. The number of fused-ring (bicyclic) bond motifs is 1. The van der Waals surface area contributed by atoms with Crippen LogP contribution < -0.4 is 5.32 Å². The summed E-state index contributed by atoms with van der Waals surface area (Å²) in [6.45, 7) is 7.36. The second-order valence-corrected chi connectivity index (χ2v) is 8.19. The molecule has 1 saturated carbocycles. The minimum atomic E-state index is 0.818. The van der Waals surface area contributed by atoms with E-state index < -0.39 is 0 Å². The van der Waals surface area contributed by atoms with Crippen molar-refractivity contribution < 1.29 is 0 Å². The number of hydrogen-bond acceptors (Lipinski definition) is 5. The highest BCUT2D eigenvalue weighted by molar-refractivity contribution is 7.99. The van der Waals surface area contributed by atoms with Crippen LogP contribution in [0.5, 0.6) is 0 Å². The van der Waals surface area contributed by atoms with Crippen LogP contribution in [0.3, 0.4) is 0 Å². The molecule has 0 radical (unpaired) electrons. The van der Waals surface area contributed by atoms with Gasteiger partial charge in [-0.25, -0.2) is 9.97 Å². The molecule has 0 saturated heterocycles. The summed E-state index contributed by atoms with van der Waals surface area (Å²) in [4.78, 5) is 12.1. The quantitative estimate of drug-likeness (QED) is 0.848. The van der Waals surface area contributed by atoms with Crippen molar-refractivity contribution in [3.05, 3.63) is 16.3 Å². The number of nitrogens with one attached hydrogen (secondary N) is 1. The Morgan fingerprint density at radius 2 is 2.00 bits per heavy atom. The zero-order valence-corrected chi connectivity index (χ0v) is 14.7. The zero-order chi connectivity index (χ0) is 14.8. The van der Waals surface area contributed by atoms with Gasteiger partial charge < -0.3 is 5.32 Å². The fourth-order valence-corrected chi connectivity index (χ4v) is 5.13. The summed E-state index contributed by atoms with van der Waals surface area (Å²) in [5.74, 6) is 2.94. The molecule has 3 rings (SSSR count). The third kappa shape index (κ3) is 3.19. The Morgan fingerprint density at radius 3 is 2.71 bits per heavy atom. The van der Waals surface area contributed by atoms with Crippen LogP contribution in [-0.2, 0) is 5.75 Å². The molecule has 1 aliphatic rings. The normalized spacial score (nSPS) is 16.0. The lowest BCUT2D eigenvalue weighted by Crippen LogP contribution is -2.05. The predicted octanol–water partition coefficient (Wildman–Crippen LogP) is 4.92. The van der Waals surface area contributed by atoms with Gasteiger partial charge in [-0.3, -0.25) is 0 Å². The predicted molar refractivity (Wildman–Crippen MR) is 94.6 cm³/mol. The Hall–Kier alpha value is -0.810. The molecule has 2 heterocycles. The van der Waals surface area contributed by atoms with Crippen molar-refractivity contribution in [1.29, 1.82) is 0 Å². The highest BCUT2D eigenvalue weighted by atomic mass is 32.2. The fourth-order valence-electron chi connectivity index (χ4n) is 2.90. The maximum atomic E-state index is 4.81. The standard InChI is InChI=1S/C16H23N3S2/c1-4-17-15-14-10(2)11(3)21-16(14)19-13(18-15)9-20-12-7-5-6-8-12/h12H,4-9H2,1-3H3,(H,17,18,19). The van der Waals surface area contributed by atoms with Gasteiger partial charge in [-0.15, -0.1) is 11.3 Å². The van der Waals surface area contributed by atoms with Gasteiger partial charge in [0.05, 0.1) is 11.1 Å². The van der Waals surface area contributed by atoms with Crippen molar-refractivity contribution in [2.45, 2.75) is 57.5 Å². The van der Waals surface area contributed by atoms with Crippen LogP contribution >= 0.6 is 23.1 Å². The molecule has 1 N–H and O–H groups in total. The molecular formula is C16H23N3S2. The Morgan fingerprint density at radius 1 is 1.24 bits per heavy atom. The Labute approximate surface area is 135 Å². The van der Waals surface area contributed by atoms with Gasteiger partial charge in [0.25, 0.3) is 0 Å². The van der Waals surface area contributed by atoms with Gasteiger partial charge in [-0.05, 0) is 39.2 Å². The van der Waals surface area contributed by atoms with Crippen LogP contribution in [0, 0.1) is 13.8 Å². The molecule has 0 unspecified atom stereocenters. The highest BCUT2D eigenvalue weighted by Crippen LogP contribution is 2.35. The van der Waals surface area contributed by atoms with E-state index in [9.17, 15) is 0 Å². The molecule has 3 nitrogen and oxygen atoms in total. The van der Waals surface area contributed by atoms with E-state index in [1.807, 2.05) is 11.8 Å². The van der Waals surface area contributed by atoms with Crippen molar-refractivity contribution in [1.82, 2.24) is 9.97 Å². The van der Waals surface area contributed by atoms with Crippen molar-refractivity contribution in [2.24, 2.45) is 0 Å². The van der Waals surface area contributed by atoms with Gasteiger partial charge in [-0.1, -0.05) is 12.8 Å². The van der Waals surface area contributed by atoms with Crippen LogP contribution in [0.2, 0.25) is 0 Å². The summed E-state index contributed by atoms with van der Waals surface area (Å²) >= 11 is 3.83. The average molecular weight is 322 g/mol. The first-order valence-electron chi connectivity index (χ1n) is 7.81. The van der Waals surface area contributed by atoms with Gasteiger partial charge in [0.1, 0.15) is 16.5 Å².